The molecule has 2 heteroatoms. The van der Waals surface area contributed by atoms with Gasteiger partial charge in [0.1, 0.15) is 0 Å². The topological polar surface area (TPSA) is 21.3 Å². The number of rotatable bonds is 6. The van der Waals surface area contributed by atoms with Gasteiger partial charge in [0, 0.05) is 13.2 Å². The van der Waals surface area contributed by atoms with Crippen LogP contribution in [0.4, 0.5) is 0 Å². The van der Waals surface area contributed by atoms with Crippen LogP contribution < -0.4 is 5.32 Å². The van der Waals surface area contributed by atoms with Gasteiger partial charge in [-0.3, -0.25) is 0 Å². The Morgan fingerprint density at radius 2 is 1.87 bits per heavy atom. The summed E-state index contributed by atoms with van der Waals surface area (Å²) < 4.78 is 5.29. The van der Waals surface area contributed by atoms with Gasteiger partial charge < -0.3 is 10.1 Å². The standard InChI is InChI=1S/C13H27NO/c1-11(12(2)15-3)14-10-9-13-7-5-4-6-8-13/h11-14H,4-10H2,1-3H3. The largest absolute Gasteiger partial charge is 0.380 e. The lowest BCUT2D eigenvalue weighted by atomic mass is 9.87. The first-order chi connectivity index (χ1) is 7.24. The zero-order valence-electron chi connectivity index (χ0n) is 10.6. The summed E-state index contributed by atoms with van der Waals surface area (Å²) >= 11 is 0. The second-order valence-electron chi connectivity index (χ2n) is 4.98. The van der Waals surface area contributed by atoms with E-state index in [1.54, 1.807) is 7.11 Å². The van der Waals surface area contributed by atoms with E-state index in [1.807, 2.05) is 0 Å². The lowest BCUT2D eigenvalue weighted by Crippen LogP contribution is -2.37. The minimum absolute atomic E-state index is 0.316. The molecule has 15 heavy (non-hydrogen) atoms. The maximum atomic E-state index is 5.29. The Morgan fingerprint density at radius 1 is 1.20 bits per heavy atom. The molecule has 0 radical (unpaired) electrons. The van der Waals surface area contributed by atoms with Crippen molar-refractivity contribution in [2.45, 2.75) is 64.5 Å². The SMILES string of the molecule is COC(C)C(C)NCCC1CCCCC1. The first-order valence-corrected chi connectivity index (χ1v) is 6.50. The monoisotopic (exact) mass is 213 g/mol. The number of methoxy groups -OCH3 is 1. The molecule has 0 aromatic carbocycles. The van der Waals surface area contributed by atoms with E-state index in [1.165, 1.54) is 38.5 Å². The molecule has 2 nitrogen and oxygen atoms in total. The van der Waals surface area contributed by atoms with Crippen molar-refractivity contribution >= 4 is 0 Å². The van der Waals surface area contributed by atoms with Gasteiger partial charge in [0.2, 0.25) is 0 Å². The lowest BCUT2D eigenvalue weighted by Gasteiger charge is -2.24. The van der Waals surface area contributed by atoms with E-state index in [0.717, 1.165) is 12.5 Å². The normalized spacial score (nSPS) is 22.6. The number of nitrogens with one attached hydrogen (secondary N) is 1. The Balaban J connectivity index is 2.04. The molecule has 0 heterocycles. The van der Waals surface area contributed by atoms with Crippen molar-refractivity contribution in [2.24, 2.45) is 5.92 Å². The fraction of sp³-hybridized carbons (Fsp3) is 1.00. The van der Waals surface area contributed by atoms with Crippen molar-refractivity contribution in [3.8, 4) is 0 Å². The molecule has 0 spiro atoms. The molecule has 1 aliphatic carbocycles. The van der Waals surface area contributed by atoms with E-state index in [9.17, 15) is 0 Å². The Hall–Kier alpha value is -0.0800. The molecule has 1 N–H and O–H groups in total. The Labute approximate surface area is 94.8 Å². The molecule has 0 aliphatic heterocycles. The summed E-state index contributed by atoms with van der Waals surface area (Å²) in [7, 11) is 1.78. The van der Waals surface area contributed by atoms with Crippen LogP contribution in [-0.4, -0.2) is 25.8 Å². The van der Waals surface area contributed by atoms with Crippen molar-refractivity contribution in [3.63, 3.8) is 0 Å². The Morgan fingerprint density at radius 3 is 2.47 bits per heavy atom. The molecule has 0 bridgehead atoms. The van der Waals surface area contributed by atoms with Gasteiger partial charge in [-0.1, -0.05) is 32.1 Å². The summed E-state index contributed by atoms with van der Waals surface area (Å²) in [4.78, 5) is 0. The summed E-state index contributed by atoms with van der Waals surface area (Å²) in [5.41, 5.74) is 0. The zero-order chi connectivity index (χ0) is 11.1. The van der Waals surface area contributed by atoms with E-state index in [-0.39, 0.29) is 0 Å². The highest BCUT2D eigenvalue weighted by molar-refractivity contribution is 4.71. The molecule has 0 saturated heterocycles. The third-order valence-electron chi connectivity index (χ3n) is 3.82. The highest BCUT2D eigenvalue weighted by Crippen LogP contribution is 2.25. The van der Waals surface area contributed by atoms with Gasteiger partial charge in [0.05, 0.1) is 6.10 Å². The summed E-state index contributed by atoms with van der Waals surface area (Å²) in [6.45, 7) is 5.48. The highest BCUT2D eigenvalue weighted by Gasteiger charge is 2.14. The van der Waals surface area contributed by atoms with Crippen LogP contribution >= 0.6 is 0 Å². The van der Waals surface area contributed by atoms with Crippen LogP contribution in [0, 0.1) is 5.92 Å². The maximum Gasteiger partial charge on any atom is 0.0693 e. The second kappa shape index (κ2) is 7.24. The van der Waals surface area contributed by atoms with Crippen LogP contribution in [0.5, 0.6) is 0 Å². The Kier molecular flexibility index (Phi) is 6.26. The van der Waals surface area contributed by atoms with Crippen molar-refractivity contribution in [2.75, 3.05) is 13.7 Å². The molecule has 1 rings (SSSR count). The van der Waals surface area contributed by atoms with Gasteiger partial charge in [0.15, 0.2) is 0 Å². The van der Waals surface area contributed by atoms with E-state index >= 15 is 0 Å². The minimum Gasteiger partial charge on any atom is -0.380 e. The fourth-order valence-electron chi connectivity index (χ4n) is 2.36. The van der Waals surface area contributed by atoms with E-state index in [2.05, 4.69) is 19.2 Å². The molecule has 1 fully saturated rings. The lowest BCUT2D eigenvalue weighted by molar-refractivity contribution is 0.0880. The molecule has 1 saturated carbocycles. The number of hydrogen-bond acceptors (Lipinski definition) is 2. The third-order valence-corrected chi connectivity index (χ3v) is 3.82. The molecular weight excluding hydrogens is 186 g/mol. The van der Waals surface area contributed by atoms with Crippen LogP contribution in [0.1, 0.15) is 52.4 Å². The van der Waals surface area contributed by atoms with E-state index in [0.29, 0.717) is 12.1 Å². The molecule has 2 atom stereocenters. The van der Waals surface area contributed by atoms with Crippen molar-refractivity contribution in [3.05, 3.63) is 0 Å². The number of hydrogen-bond donors (Lipinski definition) is 1. The van der Waals surface area contributed by atoms with Crippen LogP contribution in [0.25, 0.3) is 0 Å². The maximum absolute atomic E-state index is 5.29. The Bertz CT molecular complexity index is 153. The van der Waals surface area contributed by atoms with Crippen molar-refractivity contribution in [1.82, 2.24) is 5.32 Å². The molecule has 0 aromatic heterocycles. The summed E-state index contributed by atoms with van der Waals surface area (Å²) in [6, 6.07) is 0.471. The van der Waals surface area contributed by atoms with Gasteiger partial charge in [-0.25, -0.2) is 0 Å². The molecule has 0 aromatic rings. The predicted molar refractivity (Wildman–Crippen MR) is 65.1 cm³/mol. The molecule has 0 amide bonds. The first kappa shape index (κ1) is 13.0. The van der Waals surface area contributed by atoms with Crippen LogP contribution in [0.2, 0.25) is 0 Å². The summed E-state index contributed by atoms with van der Waals surface area (Å²) in [6.07, 6.45) is 8.94. The van der Waals surface area contributed by atoms with E-state index in [4.69, 9.17) is 4.74 Å². The molecule has 1 aliphatic rings. The average molecular weight is 213 g/mol. The van der Waals surface area contributed by atoms with Crippen LogP contribution in [0.3, 0.4) is 0 Å². The molecule has 2 unspecified atom stereocenters. The minimum atomic E-state index is 0.316. The van der Waals surface area contributed by atoms with Gasteiger partial charge in [0.25, 0.3) is 0 Å². The quantitative estimate of drug-likeness (QED) is 0.732. The molecular formula is C13H27NO. The average Bonchev–Trinajstić information content (AvgIpc) is 2.29. The fourth-order valence-corrected chi connectivity index (χ4v) is 2.36. The van der Waals surface area contributed by atoms with Crippen molar-refractivity contribution in [1.29, 1.82) is 0 Å². The summed E-state index contributed by atoms with van der Waals surface area (Å²) in [5.74, 6) is 0.983. The second-order valence-corrected chi connectivity index (χ2v) is 4.98. The first-order valence-electron chi connectivity index (χ1n) is 6.50. The third kappa shape index (κ3) is 4.98. The predicted octanol–water partition coefficient (Wildman–Crippen LogP) is 2.97. The number of ether oxygens (including phenoxy) is 1. The highest BCUT2D eigenvalue weighted by atomic mass is 16.5. The van der Waals surface area contributed by atoms with Crippen molar-refractivity contribution < 1.29 is 4.74 Å². The summed E-state index contributed by atoms with van der Waals surface area (Å²) in [5, 5.41) is 3.56. The van der Waals surface area contributed by atoms with Gasteiger partial charge in [-0.05, 0) is 32.7 Å². The molecule has 90 valence electrons. The van der Waals surface area contributed by atoms with Gasteiger partial charge >= 0.3 is 0 Å². The van der Waals surface area contributed by atoms with Crippen LogP contribution in [-0.2, 0) is 4.74 Å². The van der Waals surface area contributed by atoms with Gasteiger partial charge in [-0.2, -0.15) is 0 Å². The van der Waals surface area contributed by atoms with E-state index < -0.39 is 0 Å². The van der Waals surface area contributed by atoms with Gasteiger partial charge in [-0.15, -0.1) is 0 Å². The smallest absolute Gasteiger partial charge is 0.0693 e. The zero-order valence-corrected chi connectivity index (χ0v) is 10.6. The van der Waals surface area contributed by atoms with Crippen LogP contribution in [0.15, 0.2) is 0 Å².